The molecule has 154 valence electrons. The highest BCUT2D eigenvalue weighted by molar-refractivity contribution is 7.89. The summed E-state index contributed by atoms with van der Waals surface area (Å²) in [6.45, 7) is 1.33. The number of hydrogen-bond acceptors (Lipinski definition) is 6. The Kier molecular flexibility index (Phi) is 7.53. The number of hydrogen-bond donors (Lipinski definition) is 3. The zero-order valence-electron chi connectivity index (χ0n) is 15.9. The van der Waals surface area contributed by atoms with Gasteiger partial charge >= 0.3 is 12.0 Å². The molecular weight excluding hydrogens is 386 g/mol. The Hall–Kier alpha value is -2.46. The number of urea groups is 1. The second-order valence-electron chi connectivity index (χ2n) is 6.58. The first kappa shape index (κ1) is 21.8. The van der Waals surface area contributed by atoms with Gasteiger partial charge in [-0.3, -0.25) is 10.1 Å². The van der Waals surface area contributed by atoms with Crippen molar-refractivity contribution < 1.29 is 27.5 Å². The van der Waals surface area contributed by atoms with Gasteiger partial charge < -0.3 is 10.1 Å². The van der Waals surface area contributed by atoms with Crippen molar-refractivity contribution in [3.8, 4) is 0 Å². The van der Waals surface area contributed by atoms with Crippen LogP contribution >= 0.6 is 0 Å². The number of imide groups is 1. The molecule has 0 bridgehead atoms. The molecule has 10 heteroatoms. The molecule has 0 aromatic heterocycles. The minimum Gasteiger partial charge on any atom is -0.449 e. The van der Waals surface area contributed by atoms with Gasteiger partial charge in [-0.05, 0) is 45.0 Å². The van der Waals surface area contributed by atoms with Gasteiger partial charge in [0, 0.05) is 6.04 Å². The van der Waals surface area contributed by atoms with Crippen molar-refractivity contribution in [2.45, 2.75) is 56.1 Å². The minimum atomic E-state index is -3.72. The Labute approximate surface area is 164 Å². The number of ether oxygens (including phenoxy) is 1. The molecule has 1 fully saturated rings. The lowest BCUT2D eigenvalue weighted by molar-refractivity contribution is -0.127. The average Bonchev–Trinajstić information content (AvgIpc) is 2.68. The van der Waals surface area contributed by atoms with E-state index < -0.39 is 34.0 Å². The van der Waals surface area contributed by atoms with Gasteiger partial charge in [0.2, 0.25) is 10.0 Å². The number of amides is 3. The summed E-state index contributed by atoms with van der Waals surface area (Å²) in [5.41, 5.74) is -0.0253. The van der Waals surface area contributed by atoms with Crippen molar-refractivity contribution in [2.24, 2.45) is 0 Å². The number of rotatable bonds is 6. The Morgan fingerprint density at radius 3 is 2.46 bits per heavy atom. The van der Waals surface area contributed by atoms with Crippen LogP contribution in [0.1, 0.15) is 49.4 Å². The number of carbonyl (C=O) groups is 3. The predicted molar refractivity (Wildman–Crippen MR) is 101 cm³/mol. The van der Waals surface area contributed by atoms with Crippen LogP contribution < -0.4 is 15.4 Å². The van der Waals surface area contributed by atoms with Crippen LogP contribution in [0, 0.1) is 0 Å². The number of sulfonamides is 1. The molecule has 28 heavy (non-hydrogen) atoms. The highest BCUT2D eigenvalue weighted by atomic mass is 32.2. The lowest BCUT2D eigenvalue weighted by atomic mass is 9.96. The third kappa shape index (κ3) is 6.03. The van der Waals surface area contributed by atoms with E-state index in [1.54, 1.807) is 0 Å². The normalized spacial score (nSPS) is 16.1. The molecule has 1 aromatic rings. The molecule has 3 amide bonds. The Bertz CT molecular complexity index is 833. The van der Waals surface area contributed by atoms with E-state index in [0.29, 0.717) is 0 Å². The van der Waals surface area contributed by atoms with Crippen LogP contribution in [0.4, 0.5) is 4.79 Å². The van der Waals surface area contributed by atoms with Gasteiger partial charge in [0.25, 0.3) is 5.91 Å². The van der Waals surface area contributed by atoms with Gasteiger partial charge in [-0.25, -0.2) is 22.7 Å². The molecule has 0 unspecified atom stereocenters. The third-order valence-corrected chi connectivity index (χ3v) is 5.89. The smallest absolute Gasteiger partial charge is 0.338 e. The van der Waals surface area contributed by atoms with Crippen molar-refractivity contribution in [2.75, 3.05) is 7.05 Å². The molecule has 0 heterocycles. The highest BCUT2D eigenvalue weighted by Crippen LogP contribution is 2.17. The summed E-state index contributed by atoms with van der Waals surface area (Å²) >= 11 is 0. The van der Waals surface area contributed by atoms with Gasteiger partial charge in [0.05, 0.1) is 10.5 Å². The fourth-order valence-corrected chi connectivity index (χ4v) is 3.65. The maximum Gasteiger partial charge on any atom is 0.338 e. The second kappa shape index (κ2) is 9.65. The molecule has 1 aliphatic carbocycles. The second-order valence-corrected chi connectivity index (χ2v) is 8.47. The SMILES string of the molecule is CNS(=O)(=O)c1cccc(C(=O)O[C@H](C)C(=O)NC(=O)NC2CCCCC2)c1. The summed E-state index contributed by atoms with van der Waals surface area (Å²) in [4.78, 5) is 36.1. The third-order valence-electron chi connectivity index (χ3n) is 4.48. The van der Waals surface area contributed by atoms with Crippen LogP contribution in [0.25, 0.3) is 0 Å². The minimum absolute atomic E-state index is 0.0253. The van der Waals surface area contributed by atoms with Crippen LogP contribution in [0.3, 0.4) is 0 Å². The van der Waals surface area contributed by atoms with Crippen molar-refractivity contribution in [1.29, 1.82) is 0 Å². The molecule has 9 nitrogen and oxygen atoms in total. The lowest BCUT2D eigenvalue weighted by Gasteiger charge is -2.23. The largest absolute Gasteiger partial charge is 0.449 e. The number of esters is 1. The maximum atomic E-state index is 12.2. The molecule has 0 aliphatic heterocycles. The van der Waals surface area contributed by atoms with Crippen molar-refractivity contribution in [3.63, 3.8) is 0 Å². The van der Waals surface area contributed by atoms with E-state index in [-0.39, 0.29) is 16.5 Å². The quantitative estimate of drug-likeness (QED) is 0.605. The first-order chi connectivity index (χ1) is 13.2. The molecule has 1 aromatic carbocycles. The maximum absolute atomic E-state index is 12.2. The summed E-state index contributed by atoms with van der Waals surface area (Å²) in [5, 5.41) is 4.89. The van der Waals surface area contributed by atoms with E-state index in [2.05, 4.69) is 15.4 Å². The molecule has 1 atom stereocenters. The average molecular weight is 411 g/mol. The zero-order valence-corrected chi connectivity index (χ0v) is 16.7. The van der Waals surface area contributed by atoms with Gasteiger partial charge in [-0.2, -0.15) is 0 Å². The number of benzene rings is 1. The Morgan fingerprint density at radius 1 is 1.14 bits per heavy atom. The van der Waals surface area contributed by atoms with E-state index >= 15 is 0 Å². The van der Waals surface area contributed by atoms with E-state index in [1.165, 1.54) is 32.2 Å². The van der Waals surface area contributed by atoms with Crippen molar-refractivity contribution >= 4 is 27.9 Å². The summed E-state index contributed by atoms with van der Waals surface area (Å²) in [7, 11) is -2.46. The zero-order chi connectivity index (χ0) is 20.7. The standard InChI is InChI=1S/C18H25N3O6S/c1-12(16(22)21-18(24)20-14-8-4-3-5-9-14)27-17(23)13-7-6-10-15(11-13)28(25,26)19-2/h6-7,10-12,14,19H,3-5,8-9H2,1-2H3,(H2,20,21,22,24)/t12-/m1/s1. The lowest BCUT2D eigenvalue weighted by Crippen LogP contribution is -2.48. The molecule has 0 radical (unpaired) electrons. The van der Waals surface area contributed by atoms with Crippen molar-refractivity contribution in [1.82, 2.24) is 15.4 Å². The topological polar surface area (TPSA) is 131 Å². The summed E-state index contributed by atoms with van der Waals surface area (Å²) in [6, 6.07) is 4.65. The molecule has 2 rings (SSSR count). The van der Waals surface area contributed by atoms with Gasteiger partial charge in [0.15, 0.2) is 6.10 Å². The van der Waals surface area contributed by atoms with E-state index in [1.807, 2.05) is 0 Å². The molecule has 0 spiro atoms. The molecular formula is C18H25N3O6S. The monoisotopic (exact) mass is 411 g/mol. The fourth-order valence-electron chi connectivity index (χ4n) is 2.87. The van der Waals surface area contributed by atoms with Crippen LogP contribution in [-0.2, 0) is 19.6 Å². The van der Waals surface area contributed by atoms with Gasteiger partial charge in [-0.15, -0.1) is 0 Å². The Morgan fingerprint density at radius 2 is 1.82 bits per heavy atom. The fraction of sp³-hybridized carbons (Fsp3) is 0.500. The molecule has 1 aliphatic rings. The van der Waals surface area contributed by atoms with Crippen LogP contribution in [0.15, 0.2) is 29.2 Å². The van der Waals surface area contributed by atoms with E-state index in [9.17, 15) is 22.8 Å². The van der Waals surface area contributed by atoms with E-state index in [4.69, 9.17) is 4.74 Å². The summed E-state index contributed by atoms with van der Waals surface area (Å²) < 4.78 is 30.8. The summed E-state index contributed by atoms with van der Waals surface area (Å²) in [6.07, 6.45) is 3.73. The van der Waals surface area contributed by atoms with Crippen LogP contribution in [0.5, 0.6) is 0 Å². The van der Waals surface area contributed by atoms with Crippen LogP contribution in [0.2, 0.25) is 0 Å². The molecule has 0 saturated heterocycles. The van der Waals surface area contributed by atoms with Gasteiger partial charge in [0.1, 0.15) is 0 Å². The summed E-state index contributed by atoms with van der Waals surface area (Å²) in [5.74, 6) is -1.64. The number of nitrogens with one attached hydrogen (secondary N) is 3. The number of carbonyl (C=O) groups excluding carboxylic acids is 3. The van der Waals surface area contributed by atoms with Crippen LogP contribution in [-0.4, -0.2) is 45.5 Å². The first-order valence-corrected chi connectivity index (χ1v) is 10.6. The van der Waals surface area contributed by atoms with Gasteiger partial charge in [-0.1, -0.05) is 25.3 Å². The van der Waals surface area contributed by atoms with E-state index in [0.717, 1.165) is 38.2 Å². The highest BCUT2D eigenvalue weighted by Gasteiger charge is 2.23. The van der Waals surface area contributed by atoms with Crippen molar-refractivity contribution in [3.05, 3.63) is 29.8 Å². The molecule has 1 saturated carbocycles. The Balaban J connectivity index is 1.91. The predicted octanol–water partition coefficient (Wildman–Crippen LogP) is 1.30. The first-order valence-electron chi connectivity index (χ1n) is 9.09. The molecule has 3 N–H and O–H groups in total.